The summed E-state index contributed by atoms with van der Waals surface area (Å²) in [7, 11) is 0. The molecule has 1 aromatic heterocycles. The molecule has 0 spiro atoms. The van der Waals surface area contributed by atoms with E-state index in [9.17, 15) is 9.18 Å². The van der Waals surface area contributed by atoms with Crippen molar-refractivity contribution in [2.45, 2.75) is 26.2 Å². The molecule has 0 bridgehead atoms. The first-order valence-electron chi connectivity index (χ1n) is 10.1. The van der Waals surface area contributed by atoms with Crippen molar-refractivity contribution in [2.24, 2.45) is 0 Å². The fourth-order valence-electron chi connectivity index (χ4n) is 3.47. The Morgan fingerprint density at radius 3 is 2.43 bits per heavy atom. The molecule has 0 aliphatic carbocycles. The van der Waals surface area contributed by atoms with Gasteiger partial charge in [0.1, 0.15) is 11.6 Å². The maximum atomic E-state index is 13.3. The van der Waals surface area contributed by atoms with Gasteiger partial charge in [0.15, 0.2) is 0 Å². The quantitative estimate of drug-likeness (QED) is 0.631. The topological polar surface area (TPSA) is 70.2 Å². The predicted molar refractivity (Wildman–Crippen MR) is 117 cm³/mol. The zero-order chi connectivity index (χ0) is 20.9. The van der Waals surface area contributed by atoms with Crippen LogP contribution >= 0.6 is 0 Å². The highest BCUT2D eigenvalue weighted by Gasteiger charge is 2.15. The molecule has 1 aliphatic rings. The van der Waals surface area contributed by atoms with Crippen molar-refractivity contribution in [1.29, 1.82) is 0 Å². The molecule has 2 heterocycles. The summed E-state index contributed by atoms with van der Waals surface area (Å²) in [5.41, 5.74) is 2.66. The van der Waals surface area contributed by atoms with Crippen molar-refractivity contribution < 1.29 is 9.18 Å². The lowest BCUT2D eigenvalue weighted by atomic mass is 10.1. The van der Waals surface area contributed by atoms with E-state index < -0.39 is 5.82 Å². The van der Waals surface area contributed by atoms with Crippen LogP contribution in [0.5, 0.6) is 0 Å². The lowest BCUT2D eigenvalue weighted by Crippen LogP contribution is -2.31. The molecule has 1 fully saturated rings. The minimum Gasteiger partial charge on any atom is -0.341 e. The summed E-state index contributed by atoms with van der Waals surface area (Å²) in [4.78, 5) is 23.7. The normalized spacial score (nSPS) is 13.7. The number of anilines is 4. The second-order valence-electron chi connectivity index (χ2n) is 7.41. The summed E-state index contributed by atoms with van der Waals surface area (Å²) in [6.45, 7) is 3.94. The van der Waals surface area contributed by atoms with E-state index in [1.807, 2.05) is 25.1 Å². The molecule has 2 aromatic carbocycles. The molecular formula is C23H24FN5O. The number of amides is 1. The number of halogens is 1. The van der Waals surface area contributed by atoms with Gasteiger partial charge in [0.25, 0.3) is 5.91 Å². The van der Waals surface area contributed by atoms with Crippen LogP contribution in [-0.2, 0) is 0 Å². The standard InChI is InChI=1S/C23H24FN5O/c1-16-14-21(28-23(25-16)29-12-3-2-4-13-29)26-19-8-10-20(11-9-19)27-22(30)17-6-5-7-18(24)15-17/h5-11,14-15H,2-4,12-13H2,1H3,(H,27,30)(H,25,26,28). The first kappa shape index (κ1) is 19.8. The van der Waals surface area contributed by atoms with Gasteiger partial charge in [0, 0.05) is 41.8 Å². The molecule has 2 N–H and O–H groups in total. The predicted octanol–water partition coefficient (Wildman–Crippen LogP) is 4.91. The van der Waals surface area contributed by atoms with Gasteiger partial charge in [-0.05, 0) is 68.7 Å². The molecule has 0 saturated carbocycles. The van der Waals surface area contributed by atoms with E-state index in [1.54, 1.807) is 18.2 Å². The lowest BCUT2D eigenvalue weighted by molar-refractivity contribution is 0.102. The number of aryl methyl sites for hydroxylation is 1. The molecule has 7 heteroatoms. The minimum absolute atomic E-state index is 0.277. The number of benzene rings is 2. The number of rotatable bonds is 5. The second-order valence-corrected chi connectivity index (χ2v) is 7.41. The zero-order valence-corrected chi connectivity index (χ0v) is 16.9. The van der Waals surface area contributed by atoms with E-state index in [2.05, 4.69) is 25.5 Å². The smallest absolute Gasteiger partial charge is 0.255 e. The van der Waals surface area contributed by atoms with Crippen molar-refractivity contribution >= 4 is 29.0 Å². The van der Waals surface area contributed by atoms with Crippen molar-refractivity contribution in [3.8, 4) is 0 Å². The molecule has 4 rings (SSSR count). The fraction of sp³-hybridized carbons (Fsp3) is 0.261. The number of nitrogens with one attached hydrogen (secondary N) is 2. The van der Waals surface area contributed by atoms with Crippen LogP contribution in [0.1, 0.15) is 35.3 Å². The number of nitrogens with zero attached hydrogens (tertiary/aromatic N) is 3. The van der Waals surface area contributed by atoms with E-state index in [0.29, 0.717) is 5.69 Å². The first-order chi connectivity index (χ1) is 14.6. The van der Waals surface area contributed by atoms with Gasteiger partial charge >= 0.3 is 0 Å². The molecule has 3 aromatic rings. The van der Waals surface area contributed by atoms with Gasteiger partial charge in [0.05, 0.1) is 0 Å². The third kappa shape index (κ3) is 4.92. The highest BCUT2D eigenvalue weighted by Crippen LogP contribution is 2.22. The summed E-state index contributed by atoms with van der Waals surface area (Å²) in [5, 5.41) is 6.08. The van der Waals surface area contributed by atoms with E-state index in [4.69, 9.17) is 0 Å². The van der Waals surface area contributed by atoms with Gasteiger partial charge in [-0.25, -0.2) is 9.37 Å². The molecule has 1 amide bonds. The third-order valence-electron chi connectivity index (χ3n) is 4.98. The average molecular weight is 405 g/mol. The van der Waals surface area contributed by atoms with Crippen LogP contribution in [-0.4, -0.2) is 29.0 Å². The third-order valence-corrected chi connectivity index (χ3v) is 4.98. The van der Waals surface area contributed by atoms with Crippen LogP contribution in [0.25, 0.3) is 0 Å². The molecule has 0 atom stereocenters. The van der Waals surface area contributed by atoms with Gasteiger partial charge in [-0.3, -0.25) is 4.79 Å². The Labute approximate surface area is 175 Å². The molecular weight excluding hydrogens is 381 g/mol. The largest absolute Gasteiger partial charge is 0.341 e. The van der Waals surface area contributed by atoms with Crippen molar-refractivity contribution in [3.63, 3.8) is 0 Å². The van der Waals surface area contributed by atoms with Gasteiger partial charge in [-0.1, -0.05) is 6.07 Å². The molecule has 154 valence electrons. The highest BCUT2D eigenvalue weighted by atomic mass is 19.1. The molecule has 0 unspecified atom stereocenters. The van der Waals surface area contributed by atoms with Crippen LogP contribution in [0.3, 0.4) is 0 Å². The van der Waals surface area contributed by atoms with Gasteiger partial charge in [-0.15, -0.1) is 0 Å². The van der Waals surface area contributed by atoms with Crippen molar-refractivity contribution in [3.05, 3.63) is 71.7 Å². The Kier molecular flexibility index (Phi) is 5.88. The number of carbonyl (C=O) groups excluding carboxylic acids is 1. The summed E-state index contributed by atoms with van der Waals surface area (Å²) in [5.74, 6) is 0.704. The summed E-state index contributed by atoms with van der Waals surface area (Å²) >= 11 is 0. The number of piperidine rings is 1. The summed E-state index contributed by atoms with van der Waals surface area (Å²) in [6, 6.07) is 14.8. The molecule has 0 radical (unpaired) electrons. The van der Waals surface area contributed by atoms with E-state index in [1.165, 1.54) is 37.5 Å². The minimum atomic E-state index is -0.439. The van der Waals surface area contributed by atoms with Crippen LogP contribution in [0.15, 0.2) is 54.6 Å². The summed E-state index contributed by atoms with van der Waals surface area (Å²) in [6.07, 6.45) is 3.60. The monoisotopic (exact) mass is 405 g/mol. The number of aromatic nitrogens is 2. The van der Waals surface area contributed by atoms with Crippen molar-refractivity contribution in [1.82, 2.24) is 9.97 Å². The molecule has 30 heavy (non-hydrogen) atoms. The van der Waals surface area contributed by atoms with Crippen LogP contribution in [0.2, 0.25) is 0 Å². The summed E-state index contributed by atoms with van der Waals surface area (Å²) < 4.78 is 13.3. The maximum Gasteiger partial charge on any atom is 0.255 e. The first-order valence-corrected chi connectivity index (χ1v) is 10.1. The van der Waals surface area contributed by atoms with Crippen molar-refractivity contribution in [2.75, 3.05) is 28.6 Å². The Balaban J connectivity index is 1.43. The molecule has 1 saturated heterocycles. The second kappa shape index (κ2) is 8.90. The molecule has 6 nitrogen and oxygen atoms in total. The van der Waals surface area contributed by atoms with E-state index in [0.717, 1.165) is 36.2 Å². The zero-order valence-electron chi connectivity index (χ0n) is 16.9. The van der Waals surface area contributed by atoms with Crippen LogP contribution in [0.4, 0.5) is 27.5 Å². The van der Waals surface area contributed by atoms with Crippen LogP contribution < -0.4 is 15.5 Å². The number of carbonyl (C=O) groups is 1. The fourth-order valence-corrected chi connectivity index (χ4v) is 3.47. The Morgan fingerprint density at radius 1 is 0.967 bits per heavy atom. The van der Waals surface area contributed by atoms with E-state index in [-0.39, 0.29) is 11.5 Å². The maximum absolute atomic E-state index is 13.3. The average Bonchev–Trinajstić information content (AvgIpc) is 2.75. The Bertz CT molecular complexity index is 1030. The van der Waals surface area contributed by atoms with Gasteiger partial charge in [-0.2, -0.15) is 4.98 Å². The SMILES string of the molecule is Cc1cc(Nc2ccc(NC(=O)c3cccc(F)c3)cc2)nc(N2CCCCC2)n1. The van der Waals surface area contributed by atoms with Gasteiger partial charge in [0.2, 0.25) is 5.95 Å². The number of hydrogen-bond acceptors (Lipinski definition) is 5. The lowest BCUT2D eigenvalue weighted by Gasteiger charge is -2.27. The van der Waals surface area contributed by atoms with Gasteiger partial charge < -0.3 is 15.5 Å². The van der Waals surface area contributed by atoms with Crippen LogP contribution in [0, 0.1) is 12.7 Å². The Morgan fingerprint density at radius 2 is 1.70 bits per heavy atom. The highest BCUT2D eigenvalue weighted by molar-refractivity contribution is 6.04. The Hall–Kier alpha value is -3.48. The number of hydrogen-bond donors (Lipinski definition) is 2. The van der Waals surface area contributed by atoms with E-state index >= 15 is 0 Å². The molecule has 1 aliphatic heterocycles.